The maximum absolute atomic E-state index is 12.2. The zero-order valence-corrected chi connectivity index (χ0v) is 15.9. The van der Waals surface area contributed by atoms with E-state index in [0.29, 0.717) is 23.9 Å². The molecule has 1 aliphatic rings. The highest BCUT2D eigenvalue weighted by Gasteiger charge is 2.40. The molecule has 0 aliphatic carbocycles. The molecule has 26 heavy (non-hydrogen) atoms. The van der Waals surface area contributed by atoms with Gasteiger partial charge < -0.3 is 0 Å². The van der Waals surface area contributed by atoms with Gasteiger partial charge in [-0.05, 0) is 44.0 Å². The molecule has 3 rings (SSSR count). The first-order valence-electron chi connectivity index (χ1n) is 8.56. The minimum atomic E-state index is -0.492. The Morgan fingerprint density at radius 2 is 1.96 bits per heavy atom. The van der Waals surface area contributed by atoms with Gasteiger partial charge in [0.15, 0.2) is 0 Å². The van der Waals surface area contributed by atoms with Crippen molar-refractivity contribution in [3.05, 3.63) is 64.7 Å². The molecule has 6 heteroatoms. The number of carbonyl (C=O) groups is 1. The van der Waals surface area contributed by atoms with Crippen molar-refractivity contribution >= 4 is 23.2 Å². The molecule has 1 saturated heterocycles. The second-order valence-electron chi connectivity index (χ2n) is 7.08. The van der Waals surface area contributed by atoms with Crippen molar-refractivity contribution < 1.29 is 9.63 Å². The molecule has 0 radical (unpaired) electrons. The topological polar surface area (TPSA) is 54.3 Å². The van der Waals surface area contributed by atoms with Crippen LogP contribution in [0.4, 0.5) is 5.69 Å². The van der Waals surface area contributed by atoms with Crippen molar-refractivity contribution in [2.45, 2.75) is 33.4 Å². The molecule has 1 atom stereocenters. The zero-order valence-electron chi connectivity index (χ0n) is 15.1. The highest BCUT2D eigenvalue weighted by molar-refractivity contribution is 6.31. The van der Waals surface area contributed by atoms with Gasteiger partial charge in [-0.1, -0.05) is 48.0 Å². The Kier molecular flexibility index (Phi) is 5.39. The van der Waals surface area contributed by atoms with Gasteiger partial charge in [0.2, 0.25) is 0 Å². The van der Waals surface area contributed by atoms with Crippen LogP contribution in [0.2, 0.25) is 5.02 Å². The van der Waals surface area contributed by atoms with Crippen LogP contribution in [0.1, 0.15) is 37.9 Å². The lowest BCUT2D eigenvalue weighted by atomic mass is 9.95. The fourth-order valence-electron chi connectivity index (χ4n) is 2.65. The van der Waals surface area contributed by atoms with Gasteiger partial charge in [-0.2, -0.15) is 10.2 Å². The van der Waals surface area contributed by atoms with E-state index < -0.39 is 5.41 Å². The first-order valence-corrected chi connectivity index (χ1v) is 8.94. The highest BCUT2D eigenvalue weighted by Crippen LogP contribution is 2.31. The van der Waals surface area contributed by atoms with E-state index >= 15 is 0 Å². The van der Waals surface area contributed by atoms with E-state index in [2.05, 4.69) is 10.2 Å². The summed E-state index contributed by atoms with van der Waals surface area (Å²) >= 11 is 6.36. The van der Waals surface area contributed by atoms with Gasteiger partial charge in [0.05, 0.1) is 30.3 Å². The molecule has 1 amide bonds. The molecule has 5 nitrogen and oxygen atoms in total. The monoisotopic (exact) mass is 371 g/mol. The number of amides is 1. The summed E-state index contributed by atoms with van der Waals surface area (Å²) in [5, 5.41) is 10.5. The lowest BCUT2D eigenvalue weighted by Gasteiger charge is -2.17. The molecule has 0 saturated carbocycles. The summed E-state index contributed by atoms with van der Waals surface area (Å²) in [6.45, 7) is 6.43. The third-order valence-corrected chi connectivity index (χ3v) is 4.72. The Labute approximate surface area is 158 Å². The number of rotatable bonds is 5. The van der Waals surface area contributed by atoms with Crippen LogP contribution < -0.4 is 0 Å². The van der Waals surface area contributed by atoms with Crippen LogP contribution in [-0.4, -0.2) is 17.6 Å². The van der Waals surface area contributed by atoms with Crippen LogP contribution in [0.25, 0.3) is 0 Å². The van der Waals surface area contributed by atoms with Gasteiger partial charge in [0.25, 0.3) is 5.91 Å². The minimum Gasteiger partial charge on any atom is -0.272 e. The van der Waals surface area contributed by atoms with E-state index in [1.165, 1.54) is 5.06 Å². The predicted octanol–water partition coefficient (Wildman–Crippen LogP) is 5.48. The number of hydrogen-bond donors (Lipinski definition) is 0. The number of nitrogens with zero attached hydrogens (tertiary/aromatic N) is 3. The normalized spacial score (nSPS) is 17.8. The summed E-state index contributed by atoms with van der Waals surface area (Å²) < 4.78 is 0. The number of halogens is 1. The maximum atomic E-state index is 12.2. The Morgan fingerprint density at radius 3 is 2.58 bits per heavy atom. The average molecular weight is 372 g/mol. The van der Waals surface area contributed by atoms with Gasteiger partial charge in [-0.15, -0.1) is 0 Å². The van der Waals surface area contributed by atoms with E-state index in [9.17, 15) is 4.79 Å². The van der Waals surface area contributed by atoms with Crippen LogP contribution in [-0.2, 0) is 16.2 Å². The highest BCUT2D eigenvalue weighted by atomic mass is 35.5. The lowest BCUT2D eigenvalue weighted by molar-refractivity contribution is -0.165. The van der Waals surface area contributed by atoms with Gasteiger partial charge >= 0.3 is 0 Å². The van der Waals surface area contributed by atoms with Crippen molar-refractivity contribution in [3.63, 3.8) is 0 Å². The van der Waals surface area contributed by atoms with Crippen molar-refractivity contribution in [1.29, 1.82) is 0 Å². The Hall–Kier alpha value is -2.24. The molecule has 1 heterocycles. The minimum absolute atomic E-state index is 0.0333. The van der Waals surface area contributed by atoms with Gasteiger partial charge in [0.1, 0.15) is 0 Å². The third-order valence-electron chi connectivity index (χ3n) is 4.37. The Bertz CT molecular complexity index is 821. The fourth-order valence-corrected chi connectivity index (χ4v) is 2.88. The van der Waals surface area contributed by atoms with Gasteiger partial charge in [-0.25, -0.2) is 5.06 Å². The summed E-state index contributed by atoms with van der Waals surface area (Å²) in [6, 6.07) is 15.4. The van der Waals surface area contributed by atoms with E-state index in [1.807, 2.05) is 63.2 Å². The average Bonchev–Trinajstić information content (AvgIpc) is 2.89. The Balaban J connectivity index is 1.68. The predicted molar refractivity (Wildman–Crippen MR) is 101 cm³/mol. The molecule has 1 fully saturated rings. The zero-order chi connectivity index (χ0) is 18.7. The molecule has 2 aromatic rings. The Morgan fingerprint density at radius 1 is 1.23 bits per heavy atom. The molecule has 0 bridgehead atoms. The molecule has 0 spiro atoms. The number of azo groups is 1. The summed E-state index contributed by atoms with van der Waals surface area (Å²) in [7, 11) is 0. The molecule has 1 aliphatic heterocycles. The number of hydrogen-bond acceptors (Lipinski definition) is 4. The van der Waals surface area contributed by atoms with E-state index in [4.69, 9.17) is 16.4 Å². The summed E-state index contributed by atoms with van der Waals surface area (Å²) in [4.78, 5) is 17.7. The maximum Gasteiger partial charge on any atom is 0.254 e. The SMILES string of the molecule is CC(N=Nc1ccc(CN2OCC(C)(C)C2=O)c(Cl)c1)c1ccccc1. The van der Waals surface area contributed by atoms with Crippen LogP contribution >= 0.6 is 11.6 Å². The van der Waals surface area contributed by atoms with Crippen molar-refractivity contribution in [2.75, 3.05) is 6.61 Å². The molecular weight excluding hydrogens is 350 g/mol. The molecule has 2 aromatic carbocycles. The largest absolute Gasteiger partial charge is 0.272 e. The fraction of sp³-hybridized carbons (Fsp3) is 0.350. The van der Waals surface area contributed by atoms with Gasteiger partial charge in [-0.3, -0.25) is 9.63 Å². The standard InChI is InChI=1S/C20H22ClN3O2/c1-14(15-7-5-4-6-8-15)22-23-17-10-9-16(18(21)11-17)12-24-19(25)20(2,3)13-26-24/h4-11,14H,12-13H2,1-3H3. The number of carbonyl (C=O) groups excluding carboxylic acids is 1. The summed E-state index contributed by atoms with van der Waals surface area (Å²) in [5.74, 6) is -0.0333. The third kappa shape index (κ3) is 4.11. The van der Waals surface area contributed by atoms with E-state index in [1.54, 1.807) is 6.07 Å². The molecule has 136 valence electrons. The molecular formula is C20H22ClN3O2. The van der Waals surface area contributed by atoms with E-state index in [0.717, 1.165) is 11.1 Å². The smallest absolute Gasteiger partial charge is 0.254 e. The lowest BCUT2D eigenvalue weighted by Crippen LogP contribution is -2.30. The number of hydroxylamine groups is 2. The summed E-state index contributed by atoms with van der Waals surface area (Å²) in [6.07, 6.45) is 0. The van der Waals surface area contributed by atoms with Crippen LogP contribution in [0.15, 0.2) is 58.8 Å². The second-order valence-corrected chi connectivity index (χ2v) is 7.48. The molecule has 0 N–H and O–H groups in total. The first-order chi connectivity index (χ1) is 12.4. The first kappa shape index (κ1) is 18.5. The van der Waals surface area contributed by atoms with Crippen LogP contribution in [0.5, 0.6) is 0 Å². The molecule has 1 unspecified atom stereocenters. The quantitative estimate of drug-likeness (QED) is 0.653. The second kappa shape index (κ2) is 7.56. The van der Waals surface area contributed by atoms with Crippen molar-refractivity contribution in [2.24, 2.45) is 15.6 Å². The van der Waals surface area contributed by atoms with E-state index in [-0.39, 0.29) is 11.9 Å². The number of benzene rings is 2. The summed E-state index contributed by atoms with van der Waals surface area (Å²) in [5.41, 5.74) is 2.10. The van der Waals surface area contributed by atoms with Crippen molar-refractivity contribution in [3.8, 4) is 0 Å². The van der Waals surface area contributed by atoms with Gasteiger partial charge in [0, 0.05) is 5.02 Å². The van der Waals surface area contributed by atoms with Crippen LogP contribution in [0.3, 0.4) is 0 Å². The van der Waals surface area contributed by atoms with Crippen molar-refractivity contribution in [1.82, 2.24) is 5.06 Å². The molecule has 0 aromatic heterocycles. The van der Waals surface area contributed by atoms with Crippen LogP contribution in [0, 0.1) is 5.41 Å².